The minimum absolute atomic E-state index is 0.426. The van der Waals surface area contributed by atoms with Gasteiger partial charge in [-0.15, -0.1) is 11.3 Å². The molecule has 1 spiro atoms. The summed E-state index contributed by atoms with van der Waals surface area (Å²) in [5.74, 6) is 0. The van der Waals surface area contributed by atoms with Crippen molar-refractivity contribution in [3.8, 4) is 0 Å². The Hall–Kier alpha value is -0.450. The van der Waals surface area contributed by atoms with Gasteiger partial charge in [0.1, 0.15) is 0 Å². The van der Waals surface area contributed by atoms with Gasteiger partial charge in [-0.05, 0) is 19.3 Å². The van der Waals surface area contributed by atoms with Crippen molar-refractivity contribution < 1.29 is 0 Å². The third kappa shape index (κ3) is 3.01. The van der Waals surface area contributed by atoms with E-state index in [9.17, 15) is 0 Å². The van der Waals surface area contributed by atoms with Crippen LogP contribution >= 0.6 is 11.3 Å². The van der Waals surface area contributed by atoms with Crippen molar-refractivity contribution in [1.29, 1.82) is 0 Å². The van der Waals surface area contributed by atoms with Gasteiger partial charge in [0.2, 0.25) is 0 Å². The van der Waals surface area contributed by atoms with Crippen LogP contribution in [0, 0.1) is 0 Å². The van der Waals surface area contributed by atoms with E-state index in [1.54, 1.807) is 11.3 Å². The van der Waals surface area contributed by atoms with Crippen LogP contribution in [0.25, 0.3) is 0 Å². The lowest BCUT2D eigenvalue weighted by molar-refractivity contribution is 0.0698. The van der Waals surface area contributed by atoms with E-state index in [2.05, 4.69) is 22.1 Å². The Kier molecular flexibility index (Phi) is 4.20. The van der Waals surface area contributed by atoms with Crippen molar-refractivity contribution in [2.24, 2.45) is 0 Å². The minimum atomic E-state index is 0.426. The summed E-state index contributed by atoms with van der Waals surface area (Å²) >= 11 is 1.79. The molecule has 2 heterocycles. The molecular formula is C15H25N3S. The van der Waals surface area contributed by atoms with E-state index in [1.165, 1.54) is 56.5 Å². The Morgan fingerprint density at radius 2 is 2.32 bits per heavy atom. The number of thiazole rings is 1. The summed E-state index contributed by atoms with van der Waals surface area (Å²) in [6.45, 7) is 5.80. The van der Waals surface area contributed by atoms with Gasteiger partial charge in [-0.2, -0.15) is 0 Å². The van der Waals surface area contributed by atoms with Gasteiger partial charge in [0.25, 0.3) is 0 Å². The monoisotopic (exact) mass is 279 g/mol. The fourth-order valence-electron chi connectivity index (χ4n) is 3.75. The van der Waals surface area contributed by atoms with E-state index in [4.69, 9.17) is 0 Å². The van der Waals surface area contributed by atoms with Gasteiger partial charge in [0, 0.05) is 42.3 Å². The quantitative estimate of drug-likeness (QED) is 0.918. The number of rotatable bonds is 4. The second-order valence-corrected chi connectivity index (χ2v) is 7.15. The molecule has 3 nitrogen and oxygen atoms in total. The summed E-state index contributed by atoms with van der Waals surface area (Å²) in [6, 6.07) is 0.707. The molecule has 2 aliphatic rings. The fourth-order valence-corrected chi connectivity index (χ4v) is 4.37. The Morgan fingerprint density at radius 1 is 1.47 bits per heavy atom. The number of hydrogen-bond donors (Lipinski definition) is 1. The number of aromatic nitrogens is 1. The molecule has 19 heavy (non-hydrogen) atoms. The highest BCUT2D eigenvalue weighted by molar-refractivity contribution is 7.09. The summed E-state index contributed by atoms with van der Waals surface area (Å²) in [4.78, 5) is 8.36. The predicted octanol–water partition coefficient (Wildman–Crippen LogP) is 3.03. The van der Waals surface area contributed by atoms with E-state index < -0.39 is 0 Å². The van der Waals surface area contributed by atoms with Crippen molar-refractivity contribution in [1.82, 2.24) is 15.2 Å². The lowest BCUT2D eigenvalue weighted by Gasteiger charge is -2.46. The zero-order valence-electron chi connectivity index (χ0n) is 11.9. The van der Waals surface area contributed by atoms with E-state index in [0.29, 0.717) is 11.6 Å². The first kappa shape index (κ1) is 13.5. The highest BCUT2D eigenvalue weighted by atomic mass is 32.1. The lowest BCUT2D eigenvalue weighted by Crippen LogP contribution is -2.62. The summed E-state index contributed by atoms with van der Waals surface area (Å²) in [5.41, 5.74) is 2.38. The van der Waals surface area contributed by atoms with E-state index in [1.807, 2.05) is 11.7 Å². The molecular weight excluding hydrogens is 254 g/mol. The van der Waals surface area contributed by atoms with E-state index in [-0.39, 0.29) is 0 Å². The molecule has 106 valence electrons. The average molecular weight is 279 g/mol. The van der Waals surface area contributed by atoms with Crippen molar-refractivity contribution in [3.05, 3.63) is 16.6 Å². The van der Waals surface area contributed by atoms with Crippen LogP contribution in [0.1, 0.15) is 50.3 Å². The van der Waals surface area contributed by atoms with E-state index >= 15 is 0 Å². The summed E-state index contributed by atoms with van der Waals surface area (Å²) in [5, 5.41) is 3.89. The highest BCUT2D eigenvalue weighted by Crippen LogP contribution is 2.34. The van der Waals surface area contributed by atoms with Crippen LogP contribution in [0.5, 0.6) is 0 Å². The van der Waals surface area contributed by atoms with Crippen LogP contribution in [0.15, 0.2) is 11.7 Å². The molecule has 4 heteroatoms. The van der Waals surface area contributed by atoms with Crippen LogP contribution in [0.3, 0.4) is 0 Å². The molecule has 2 fully saturated rings. The fraction of sp³-hybridized carbons (Fsp3) is 0.800. The highest BCUT2D eigenvalue weighted by Gasteiger charge is 2.40. The molecule has 1 atom stereocenters. The van der Waals surface area contributed by atoms with Gasteiger partial charge in [-0.25, -0.2) is 0 Å². The molecule has 1 N–H and O–H groups in total. The molecule has 0 amide bonds. The Bertz CT molecular complexity index is 384. The standard InChI is InChI=1S/C15H25N3S/c1-2-5-13-8-17-15(6-3-4-7-15)11-18(13)10-14-9-16-12-19-14/h9,12-13,17H,2-8,10-11H2,1H3. The molecule has 1 aromatic heterocycles. The largest absolute Gasteiger partial charge is 0.308 e. The second-order valence-electron chi connectivity index (χ2n) is 6.18. The molecule has 1 unspecified atom stereocenters. The Labute approximate surface area is 120 Å². The van der Waals surface area contributed by atoms with Crippen LogP contribution in [0.2, 0.25) is 0 Å². The Balaban J connectivity index is 1.70. The first-order valence-electron chi connectivity index (χ1n) is 7.68. The van der Waals surface area contributed by atoms with Crippen LogP contribution in [-0.4, -0.2) is 34.6 Å². The second kappa shape index (κ2) is 5.90. The molecule has 0 aromatic carbocycles. The maximum Gasteiger partial charge on any atom is 0.0794 e. The molecule has 1 aromatic rings. The molecule has 1 saturated carbocycles. The molecule has 1 aliphatic carbocycles. The van der Waals surface area contributed by atoms with Crippen molar-refractivity contribution in [3.63, 3.8) is 0 Å². The first-order chi connectivity index (χ1) is 9.31. The predicted molar refractivity (Wildman–Crippen MR) is 80.4 cm³/mol. The van der Waals surface area contributed by atoms with Gasteiger partial charge in [-0.3, -0.25) is 9.88 Å². The Morgan fingerprint density at radius 3 is 3.00 bits per heavy atom. The van der Waals surface area contributed by atoms with Crippen molar-refractivity contribution in [2.75, 3.05) is 13.1 Å². The molecule has 3 rings (SSSR count). The topological polar surface area (TPSA) is 28.2 Å². The SMILES string of the molecule is CCCC1CNC2(CCCC2)CN1Cc1cncs1. The molecule has 0 radical (unpaired) electrons. The van der Waals surface area contributed by atoms with Gasteiger partial charge in [0.05, 0.1) is 5.51 Å². The van der Waals surface area contributed by atoms with Crippen LogP contribution < -0.4 is 5.32 Å². The lowest BCUT2D eigenvalue weighted by atomic mass is 9.91. The smallest absolute Gasteiger partial charge is 0.0794 e. The summed E-state index contributed by atoms with van der Waals surface area (Å²) < 4.78 is 0. The third-order valence-corrected chi connectivity index (χ3v) is 5.52. The van der Waals surface area contributed by atoms with Crippen LogP contribution in [-0.2, 0) is 6.54 Å². The van der Waals surface area contributed by atoms with Crippen molar-refractivity contribution >= 4 is 11.3 Å². The van der Waals surface area contributed by atoms with Gasteiger partial charge >= 0.3 is 0 Å². The van der Waals surface area contributed by atoms with E-state index in [0.717, 1.165) is 6.54 Å². The van der Waals surface area contributed by atoms with Gasteiger partial charge in [0.15, 0.2) is 0 Å². The van der Waals surface area contributed by atoms with Gasteiger partial charge in [-0.1, -0.05) is 26.2 Å². The van der Waals surface area contributed by atoms with Gasteiger partial charge < -0.3 is 5.32 Å². The molecule has 0 bridgehead atoms. The summed E-state index contributed by atoms with van der Waals surface area (Å²) in [6.07, 6.45) is 10.2. The minimum Gasteiger partial charge on any atom is -0.308 e. The maximum absolute atomic E-state index is 4.22. The number of hydrogen-bond acceptors (Lipinski definition) is 4. The van der Waals surface area contributed by atoms with Crippen molar-refractivity contribution in [2.45, 2.75) is 63.6 Å². The maximum atomic E-state index is 4.22. The number of piperazine rings is 1. The van der Waals surface area contributed by atoms with Crippen LogP contribution in [0.4, 0.5) is 0 Å². The average Bonchev–Trinajstić information content (AvgIpc) is 3.06. The zero-order valence-corrected chi connectivity index (χ0v) is 12.7. The number of nitrogens with one attached hydrogen (secondary N) is 1. The normalized spacial score (nSPS) is 27.1. The summed E-state index contributed by atoms with van der Waals surface area (Å²) in [7, 11) is 0. The first-order valence-corrected chi connectivity index (χ1v) is 8.56. The zero-order chi connectivity index (χ0) is 13.1. The third-order valence-electron chi connectivity index (χ3n) is 4.76. The molecule has 1 saturated heterocycles. The number of nitrogens with zero attached hydrogens (tertiary/aromatic N) is 2. The molecule has 1 aliphatic heterocycles.